The third-order valence-electron chi connectivity index (χ3n) is 5.33. The molecule has 0 saturated heterocycles. The second kappa shape index (κ2) is 8.62. The first-order chi connectivity index (χ1) is 15.3. The van der Waals surface area contributed by atoms with Crippen LogP contribution in [0.5, 0.6) is 5.75 Å². The van der Waals surface area contributed by atoms with Crippen LogP contribution in [0.1, 0.15) is 12.5 Å². The van der Waals surface area contributed by atoms with Gasteiger partial charge in [-0.15, -0.1) is 0 Å². The van der Waals surface area contributed by atoms with Crippen molar-refractivity contribution in [2.75, 3.05) is 12.4 Å². The van der Waals surface area contributed by atoms with E-state index in [1.54, 1.807) is 32.2 Å². The van der Waals surface area contributed by atoms with Gasteiger partial charge in [0.1, 0.15) is 23.5 Å². The highest BCUT2D eigenvalue weighted by molar-refractivity contribution is 7.89. The summed E-state index contributed by atoms with van der Waals surface area (Å²) in [6.45, 7) is 2.29. The van der Waals surface area contributed by atoms with E-state index in [2.05, 4.69) is 5.32 Å². The summed E-state index contributed by atoms with van der Waals surface area (Å²) in [7, 11) is -2.17. The number of amides is 1. The van der Waals surface area contributed by atoms with Crippen molar-refractivity contribution >= 4 is 43.6 Å². The Balaban J connectivity index is 1.47. The quantitative estimate of drug-likeness (QED) is 0.395. The highest BCUT2D eigenvalue weighted by atomic mass is 32.2. The van der Waals surface area contributed by atoms with Gasteiger partial charge in [0.25, 0.3) is 5.91 Å². The lowest BCUT2D eigenvalue weighted by molar-refractivity contribution is -0.688. The van der Waals surface area contributed by atoms with Gasteiger partial charge >= 0.3 is 0 Å². The molecule has 3 aromatic carbocycles. The van der Waals surface area contributed by atoms with Gasteiger partial charge < -0.3 is 19.8 Å². The summed E-state index contributed by atoms with van der Waals surface area (Å²) in [5.74, 6) is 0.350. The minimum absolute atomic E-state index is 0.0557. The zero-order chi connectivity index (χ0) is 22.9. The van der Waals surface area contributed by atoms with Crippen LogP contribution in [0.25, 0.3) is 21.9 Å². The van der Waals surface area contributed by atoms with Crippen molar-refractivity contribution in [3.63, 3.8) is 0 Å². The standard InChI is InChI=1S/C23H23N3O5S/c1-14(25-13-15-7-9-16(10-8-15)32(24,28)29)23(27)26-19-12-21-18(11-22(19)30-2)17-5-3-4-6-20(17)31-21/h3-12,14,25H,13H2,1-2H3,(H,26,27)(H2,24,28,29)/p+1/t14-/m1/s1. The first-order valence-corrected chi connectivity index (χ1v) is 11.6. The number of carbonyl (C=O) groups excluding carboxylic acids is 1. The normalized spacial score (nSPS) is 12.7. The Morgan fingerprint density at radius 3 is 2.50 bits per heavy atom. The van der Waals surface area contributed by atoms with E-state index >= 15 is 0 Å². The zero-order valence-electron chi connectivity index (χ0n) is 17.7. The lowest BCUT2D eigenvalue weighted by Gasteiger charge is -2.14. The fourth-order valence-electron chi connectivity index (χ4n) is 3.50. The van der Waals surface area contributed by atoms with E-state index in [9.17, 15) is 13.2 Å². The van der Waals surface area contributed by atoms with E-state index in [1.165, 1.54) is 12.1 Å². The molecule has 1 aromatic heterocycles. The fourth-order valence-corrected chi connectivity index (χ4v) is 4.02. The van der Waals surface area contributed by atoms with Gasteiger partial charge in [0.05, 0.1) is 17.7 Å². The van der Waals surface area contributed by atoms with Gasteiger partial charge in [-0.05, 0) is 31.2 Å². The van der Waals surface area contributed by atoms with Gasteiger partial charge in [0.2, 0.25) is 10.0 Å². The first kappa shape index (κ1) is 21.8. The fraction of sp³-hybridized carbons (Fsp3) is 0.174. The Labute approximate surface area is 185 Å². The Morgan fingerprint density at radius 1 is 1.09 bits per heavy atom. The van der Waals surface area contributed by atoms with Crippen molar-refractivity contribution < 1.29 is 27.7 Å². The predicted molar refractivity (Wildman–Crippen MR) is 122 cm³/mol. The molecule has 0 aliphatic heterocycles. The number of hydrogen-bond acceptors (Lipinski definition) is 5. The van der Waals surface area contributed by atoms with E-state index in [0.29, 0.717) is 23.6 Å². The van der Waals surface area contributed by atoms with Crippen LogP contribution >= 0.6 is 0 Å². The van der Waals surface area contributed by atoms with Gasteiger partial charge in [-0.3, -0.25) is 4.79 Å². The van der Waals surface area contributed by atoms with Crippen LogP contribution < -0.4 is 20.5 Å². The van der Waals surface area contributed by atoms with Gasteiger partial charge in [-0.25, -0.2) is 13.6 Å². The molecular weight excluding hydrogens is 430 g/mol. The summed E-state index contributed by atoms with van der Waals surface area (Å²) in [6.07, 6.45) is 0. The number of benzene rings is 3. The number of quaternary nitrogens is 1. The summed E-state index contributed by atoms with van der Waals surface area (Å²) in [4.78, 5) is 12.8. The second-order valence-corrected chi connectivity index (χ2v) is 9.12. The lowest BCUT2D eigenvalue weighted by Crippen LogP contribution is -2.90. The molecule has 8 nitrogen and oxygen atoms in total. The highest BCUT2D eigenvalue weighted by Gasteiger charge is 2.20. The molecule has 5 N–H and O–H groups in total. The molecule has 0 radical (unpaired) electrons. The minimum Gasteiger partial charge on any atom is -0.495 e. The van der Waals surface area contributed by atoms with Crippen molar-refractivity contribution in [1.82, 2.24) is 0 Å². The van der Waals surface area contributed by atoms with Gasteiger partial charge in [-0.1, -0.05) is 30.3 Å². The number of hydrogen-bond donors (Lipinski definition) is 3. The molecule has 0 unspecified atom stereocenters. The molecular formula is C23H24N3O5S+. The predicted octanol–water partition coefficient (Wildman–Crippen LogP) is 2.33. The number of carbonyl (C=O) groups is 1. The topological polar surface area (TPSA) is 128 Å². The number of ether oxygens (including phenoxy) is 1. The average molecular weight is 455 g/mol. The Hall–Kier alpha value is -3.40. The van der Waals surface area contributed by atoms with Gasteiger partial charge in [-0.2, -0.15) is 0 Å². The van der Waals surface area contributed by atoms with Crippen LogP contribution in [-0.2, 0) is 21.4 Å². The largest absolute Gasteiger partial charge is 0.495 e. The summed E-state index contributed by atoms with van der Waals surface area (Å²) in [6, 6.07) is 17.2. The maximum atomic E-state index is 12.8. The van der Waals surface area contributed by atoms with E-state index in [1.807, 2.05) is 35.6 Å². The molecule has 4 rings (SSSR count). The van der Waals surface area contributed by atoms with Crippen LogP contribution in [0.4, 0.5) is 5.69 Å². The molecule has 166 valence electrons. The lowest BCUT2D eigenvalue weighted by atomic mass is 10.1. The Morgan fingerprint density at radius 2 is 1.81 bits per heavy atom. The monoisotopic (exact) mass is 454 g/mol. The number of anilines is 1. The number of para-hydroxylation sites is 1. The van der Waals surface area contributed by atoms with E-state index in [-0.39, 0.29) is 10.8 Å². The zero-order valence-corrected chi connectivity index (χ0v) is 18.5. The van der Waals surface area contributed by atoms with Crippen molar-refractivity contribution in [2.24, 2.45) is 5.14 Å². The van der Waals surface area contributed by atoms with Crippen LogP contribution in [0, 0.1) is 0 Å². The molecule has 4 aromatic rings. The highest BCUT2D eigenvalue weighted by Crippen LogP contribution is 2.36. The molecule has 1 atom stereocenters. The third kappa shape index (κ3) is 4.45. The molecule has 1 amide bonds. The van der Waals surface area contributed by atoms with Crippen LogP contribution in [0.15, 0.2) is 70.0 Å². The molecule has 1 heterocycles. The number of nitrogens with one attached hydrogen (secondary N) is 1. The molecule has 0 bridgehead atoms. The molecule has 0 aliphatic carbocycles. The molecule has 0 saturated carbocycles. The Bertz CT molecular complexity index is 1390. The van der Waals surface area contributed by atoms with Gasteiger partial charge in [0.15, 0.2) is 6.04 Å². The van der Waals surface area contributed by atoms with E-state index < -0.39 is 16.1 Å². The molecule has 0 fully saturated rings. The van der Waals surface area contributed by atoms with Crippen molar-refractivity contribution in [1.29, 1.82) is 0 Å². The smallest absolute Gasteiger partial charge is 0.282 e. The molecule has 9 heteroatoms. The van der Waals surface area contributed by atoms with Crippen molar-refractivity contribution in [3.8, 4) is 5.75 Å². The summed E-state index contributed by atoms with van der Waals surface area (Å²) in [5.41, 5.74) is 2.83. The number of primary sulfonamides is 1. The summed E-state index contributed by atoms with van der Waals surface area (Å²) >= 11 is 0. The van der Waals surface area contributed by atoms with E-state index in [0.717, 1.165) is 21.9 Å². The van der Waals surface area contributed by atoms with Crippen molar-refractivity contribution in [2.45, 2.75) is 24.4 Å². The summed E-state index contributed by atoms with van der Waals surface area (Å²) < 4.78 is 34.1. The average Bonchev–Trinajstić information content (AvgIpc) is 3.13. The second-order valence-electron chi connectivity index (χ2n) is 7.55. The van der Waals surface area contributed by atoms with Crippen molar-refractivity contribution in [3.05, 3.63) is 66.2 Å². The van der Waals surface area contributed by atoms with Gasteiger partial charge in [0, 0.05) is 22.4 Å². The number of rotatable bonds is 7. The third-order valence-corrected chi connectivity index (χ3v) is 6.26. The summed E-state index contributed by atoms with van der Waals surface area (Å²) in [5, 5.41) is 11.8. The number of nitrogens with two attached hydrogens (primary N) is 2. The number of fused-ring (bicyclic) bond motifs is 3. The number of methoxy groups -OCH3 is 1. The molecule has 32 heavy (non-hydrogen) atoms. The molecule has 0 aliphatic rings. The number of furan rings is 1. The number of sulfonamides is 1. The van der Waals surface area contributed by atoms with Crippen LogP contribution in [0.3, 0.4) is 0 Å². The molecule has 0 spiro atoms. The SMILES string of the molecule is COc1cc2c(cc1NC(=O)[C@@H](C)[NH2+]Cc1ccc(S(N)(=O)=O)cc1)oc1ccccc12. The maximum Gasteiger partial charge on any atom is 0.282 e. The van der Waals surface area contributed by atoms with Crippen LogP contribution in [0.2, 0.25) is 0 Å². The minimum atomic E-state index is -3.72. The first-order valence-electron chi connectivity index (χ1n) is 10.0. The van der Waals surface area contributed by atoms with E-state index in [4.69, 9.17) is 14.3 Å². The maximum absolute atomic E-state index is 12.8. The van der Waals surface area contributed by atoms with Crippen LogP contribution in [-0.4, -0.2) is 27.5 Å². The Kier molecular flexibility index (Phi) is 5.88.